The van der Waals surface area contributed by atoms with Gasteiger partial charge in [-0.1, -0.05) is 17.7 Å². The second kappa shape index (κ2) is 6.62. The third-order valence-corrected chi connectivity index (χ3v) is 6.19. The molecule has 0 radical (unpaired) electrons. The molecule has 2 aromatic heterocycles. The van der Waals surface area contributed by atoms with Crippen LogP contribution in [-0.2, 0) is 10.0 Å². The van der Waals surface area contributed by atoms with Crippen molar-refractivity contribution in [1.29, 1.82) is 0 Å². The van der Waals surface area contributed by atoms with Crippen molar-refractivity contribution < 1.29 is 8.42 Å². The molecule has 0 aliphatic rings. The second-order valence-electron chi connectivity index (χ2n) is 5.39. The van der Waals surface area contributed by atoms with E-state index in [0.29, 0.717) is 15.7 Å². The lowest BCUT2D eigenvalue weighted by atomic mass is 10.2. The number of thiophene rings is 1. The number of rotatable bonds is 5. The van der Waals surface area contributed by atoms with Crippen LogP contribution in [0.2, 0.25) is 0 Å². The zero-order valence-electron chi connectivity index (χ0n) is 13.3. The standard InChI is InChI=1S/C17H17N3O2S2/c1-12-3-6-14(7-4-12)19-16-9-8-15(11-18-16)20-24(21,22)17-10-5-13(2)23-17/h3-11,20H,1-2H3,(H,18,19). The number of nitrogens with zero attached hydrogens (tertiary/aromatic N) is 1. The number of pyridine rings is 1. The lowest BCUT2D eigenvalue weighted by Crippen LogP contribution is -2.11. The molecule has 0 saturated carbocycles. The SMILES string of the molecule is Cc1ccc(Nc2ccc(NS(=O)(=O)c3ccc(C)s3)cn2)cc1. The van der Waals surface area contributed by atoms with E-state index in [1.165, 1.54) is 23.1 Å². The van der Waals surface area contributed by atoms with Crippen molar-refractivity contribution in [3.05, 3.63) is 65.2 Å². The molecule has 0 amide bonds. The minimum atomic E-state index is -3.56. The minimum absolute atomic E-state index is 0.293. The van der Waals surface area contributed by atoms with Gasteiger partial charge in [-0.3, -0.25) is 4.72 Å². The molecule has 5 nitrogen and oxygen atoms in total. The molecular formula is C17H17N3O2S2. The molecule has 24 heavy (non-hydrogen) atoms. The molecule has 0 unspecified atom stereocenters. The summed E-state index contributed by atoms with van der Waals surface area (Å²) in [5.41, 5.74) is 2.54. The van der Waals surface area contributed by atoms with E-state index in [0.717, 1.165) is 10.6 Å². The van der Waals surface area contributed by atoms with E-state index in [-0.39, 0.29) is 0 Å². The summed E-state index contributed by atoms with van der Waals surface area (Å²) >= 11 is 1.24. The average Bonchev–Trinajstić information content (AvgIpc) is 2.99. The number of hydrogen-bond acceptors (Lipinski definition) is 5. The molecule has 124 valence electrons. The zero-order chi connectivity index (χ0) is 17.2. The van der Waals surface area contributed by atoms with Crippen LogP contribution in [0.3, 0.4) is 0 Å². The molecule has 0 atom stereocenters. The van der Waals surface area contributed by atoms with Gasteiger partial charge >= 0.3 is 0 Å². The number of hydrogen-bond donors (Lipinski definition) is 2. The highest BCUT2D eigenvalue weighted by Crippen LogP contribution is 2.24. The predicted molar refractivity (Wildman–Crippen MR) is 98.6 cm³/mol. The summed E-state index contributed by atoms with van der Waals surface area (Å²) in [6, 6.07) is 14.7. The lowest BCUT2D eigenvalue weighted by Gasteiger charge is -2.08. The number of benzene rings is 1. The zero-order valence-corrected chi connectivity index (χ0v) is 14.9. The number of nitrogens with one attached hydrogen (secondary N) is 2. The van der Waals surface area contributed by atoms with E-state index in [1.807, 2.05) is 38.1 Å². The lowest BCUT2D eigenvalue weighted by molar-refractivity contribution is 0.603. The van der Waals surface area contributed by atoms with Gasteiger partial charge in [-0.2, -0.15) is 0 Å². The third-order valence-electron chi connectivity index (χ3n) is 3.32. The molecule has 0 spiro atoms. The first-order valence-electron chi connectivity index (χ1n) is 7.31. The molecule has 3 aromatic rings. The van der Waals surface area contributed by atoms with Crippen LogP contribution in [0.15, 0.2) is 58.9 Å². The fraction of sp³-hybridized carbons (Fsp3) is 0.118. The molecule has 7 heteroatoms. The van der Waals surface area contributed by atoms with Gasteiger partial charge in [-0.05, 0) is 50.2 Å². The molecule has 0 aliphatic heterocycles. The first-order chi connectivity index (χ1) is 11.4. The van der Waals surface area contributed by atoms with Gasteiger partial charge in [0.15, 0.2) is 0 Å². The van der Waals surface area contributed by atoms with Crippen LogP contribution >= 0.6 is 11.3 Å². The molecule has 0 aliphatic carbocycles. The van der Waals surface area contributed by atoms with Crippen molar-refractivity contribution in [3.8, 4) is 0 Å². The molecule has 2 N–H and O–H groups in total. The maximum absolute atomic E-state index is 12.3. The third kappa shape index (κ3) is 3.93. The summed E-state index contributed by atoms with van der Waals surface area (Å²) in [5.74, 6) is 0.647. The second-order valence-corrected chi connectivity index (χ2v) is 8.59. The van der Waals surface area contributed by atoms with Gasteiger partial charge in [0, 0.05) is 10.6 Å². The molecule has 0 fully saturated rings. The minimum Gasteiger partial charge on any atom is -0.340 e. The Balaban J connectivity index is 1.71. The van der Waals surface area contributed by atoms with Gasteiger partial charge in [0.05, 0.1) is 11.9 Å². The maximum atomic E-state index is 12.3. The van der Waals surface area contributed by atoms with Crippen molar-refractivity contribution in [3.63, 3.8) is 0 Å². The fourth-order valence-electron chi connectivity index (χ4n) is 2.07. The first kappa shape index (κ1) is 16.5. The van der Waals surface area contributed by atoms with E-state index in [1.54, 1.807) is 24.3 Å². The topological polar surface area (TPSA) is 71.1 Å². The Bertz CT molecular complexity index is 931. The number of aryl methyl sites for hydroxylation is 2. The Morgan fingerprint density at radius 1 is 0.917 bits per heavy atom. The Kier molecular flexibility index (Phi) is 4.55. The number of sulfonamides is 1. The van der Waals surface area contributed by atoms with Crippen LogP contribution in [0.25, 0.3) is 0 Å². The van der Waals surface area contributed by atoms with Crippen molar-refractivity contribution in [1.82, 2.24) is 4.98 Å². The monoisotopic (exact) mass is 359 g/mol. The summed E-state index contributed by atoms with van der Waals surface area (Å²) in [6.45, 7) is 3.90. The Morgan fingerprint density at radius 3 is 2.21 bits per heavy atom. The summed E-state index contributed by atoms with van der Waals surface area (Å²) in [7, 11) is -3.56. The molecule has 0 bridgehead atoms. The number of anilines is 3. The smallest absolute Gasteiger partial charge is 0.271 e. The van der Waals surface area contributed by atoms with Crippen LogP contribution in [0.4, 0.5) is 17.2 Å². The fourth-order valence-corrected chi connectivity index (χ4v) is 4.40. The molecular weight excluding hydrogens is 342 g/mol. The summed E-state index contributed by atoms with van der Waals surface area (Å²) in [5, 5.41) is 3.17. The van der Waals surface area contributed by atoms with Crippen molar-refractivity contribution >= 4 is 38.6 Å². The van der Waals surface area contributed by atoms with E-state index >= 15 is 0 Å². The van der Waals surface area contributed by atoms with Gasteiger partial charge in [0.1, 0.15) is 10.0 Å². The van der Waals surface area contributed by atoms with Crippen LogP contribution < -0.4 is 10.0 Å². The van der Waals surface area contributed by atoms with Gasteiger partial charge in [-0.15, -0.1) is 11.3 Å². The molecule has 3 rings (SSSR count). The molecule has 0 saturated heterocycles. The number of aromatic nitrogens is 1. The van der Waals surface area contributed by atoms with Crippen LogP contribution in [0, 0.1) is 13.8 Å². The van der Waals surface area contributed by atoms with E-state index in [4.69, 9.17) is 0 Å². The Labute approximate surface area is 145 Å². The van der Waals surface area contributed by atoms with E-state index < -0.39 is 10.0 Å². The highest BCUT2D eigenvalue weighted by atomic mass is 32.2. The van der Waals surface area contributed by atoms with Gasteiger partial charge in [0.2, 0.25) is 0 Å². The van der Waals surface area contributed by atoms with Gasteiger partial charge in [0.25, 0.3) is 10.0 Å². The highest BCUT2D eigenvalue weighted by molar-refractivity contribution is 7.94. The molecule has 2 heterocycles. The van der Waals surface area contributed by atoms with Gasteiger partial charge in [-0.25, -0.2) is 13.4 Å². The largest absolute Gasteiger partial charge is 0.340 e. The summed E-state index contributed by atoms with van der Waals surface area (Å²) < 4.78 is 27.4. The average molecular weight is 359 g/mol. The first-order valence-corrected chi connectivity index (χ1v) is 9.61. The van der Waals surface area contributed by atoms with Crippen molar-refractivity contribution in [2.75, 3.05) is 10.0 Å². The highest BCUT2D eigenvalue weighted by Gasteiger charge is 2.16. The van der Waals surface area contributed by atoms with E-state index in [9.17, 15) is 8.42 Å². The summed E-state index contributed by atoms with van der Waals surface area (Å²) in [4.78, 5) is 5.19. The van der Waals surface area contributed by atoms with Crippen LogP contribution in [0.5, 0.6) is 0 Å². The van der Waals surface area contributed by atoms with Crippen molar-refractivity contribution in [2.24, 2.45) is 0 Å². The van der Waals surface area contributed by atoms with Gasteiger partial charge < -0.3 is 5.32 Å². The van der Waals surface area contributed by atoms with Crippen molar-refractivity contribution in [2.45, 2.75) is 18.1 Å². The predicted octanol–water partition coefficient (Wildman–Crippen LogP) is 4.30. The molecule has 1 aromatic carbocycles. The maximum Gasteiger partial charge on any atom is 0.271 e. The Morgan fingerprint density at radius 2 is 1.62 bits per heavy atom. The van der Waals surface area contributed by atoms with E-state index in [2.05, 4.69) is 15.0 Å². The summed E-state index contributed by atoms with van der Waals surface area (Å²) in [6.07, 6.45) is 1.49. The Hall–Kier alpha value is -2.38. The quantitative estimate of drug-likeness (QED) is 0.712. The normalized spacial score (nSPS) is 11.2. The van der Waals surface area contributed by atoms with Crippen LogP contribution in [0.1, 0.15) is 10.4 Å². The van der Waals surface area contributed by atoms with Crippen LogP contribution in [-0.4, -0.2) is 13.4 Å².